The summed E-state index contributed by atoms with van der Waals surface area (Å²) >= 11 is 1.55. The average molecular weight is 788 g/mol. The van der Waals surface area contributed by atoms with Crippen LogP contribution in [0, 0.1) is 6.07 Å². The van der Waals surface area contributed by atoms with Gasteiger partial charge in [-0.25, -0.2) is 12.1 Å². The fraction of sp³-hybridized carbons (Fsp3) is 0.268. The van der Waals surface area contributed by atoms with Gasteiger partial charge in [-0.1, -0.05) is 76.3 Å². The second-order valence-electron chi connectivity index (χ2n) is 13.2. The number of hydrogen-bond acceptors (Lipinski definition) is 0. The summed E-state index contributed by atoms with van der Waals surface area (Å²) in [6.45, 7) is 13.6. The van der Waals surface area contributed by atoms with Crippen molar-refractivity contribution < 1.29 is 58.2 Å². The first-order valence-electron chi connectivity index (χ1n) is 15.0. The zero-order chi connectivity index (χ0) is 30.2. The van der Waals surface area contributed by atoms with E-state index in [4.69, 9.17) is 0 Å². The van der Waals surface area contributed by atoms with Crippen molar-refractivity contribution in [2.24, 2.45) is 0 Å². The molecular weight excluding hydrogens is 743 g/mol. The maximum absolute atomic E-state index is 3.53. The van der Waals surface area contributed by atoms with Crippen molar-refractivity contribution in [3.8, 4) is 11.1 Å². The monoisotopic (exact) mass is 784 g/mol. The summed E-state index contributed by atoms with van der Waals surface area (Å²) in [5.74, 6) is 0. The van der Waals surface area contributed by atoms with Gasteiger partial charge in [0, 0.05) is 0 Å². The normalized spacial score (nSPS) is 11.3. The molecule has 44 heavy (non-hydrogen) atoms. The number of halogens is 2. The summed E-state index contributed by atoms with van der Waals surface area (Å²) in [7, 11) is 0. The zero-order valence-electron chi connectivity index (χ0n) is 26.9. The molecule has 0 unspecified atom stereocenters. The molecule has 0 nitrogen and oxygen atoms in total. The summed E-state index contributed by atoms with van der Waals surface area (Å²) in [5.41, 5.74) is 11.6. The molecular formula is C41H44Br2Zr-2. The second-order valence-corrected chi connectivity index (χ2v) is 15.0. The van der Waals surface area contributed by atoms with Crippen LogP contribution in [0.1, 0.15) is 74.9 Å². The first kappa shape index (κ1) is 38.1. The van der Waals surface area contributed by atoms with E-state index in [0.717, 1.165) is 19.3 Å². The van der Waals surface area contributed by atoms with E-state index in [1.165, 1.54) is 44.5 Å². The van der Waals surface area contributed by atoms with Crippen LogP contribution in [0.5, 0.6) is 0 Å². The Labute approximate surface area is 302 Å². The van der Waals surface area contributed by atoms with E-state index < -0.39 is 0 Å². The van der Waals surface area contributed by atoms with Crippen LogP contribution < -0.4 is 34.0 Å². The van der Waals surface area contributed by atoms with Crippen molar-refractivity contribution >= 4 is 3.21 Å². The van der Waals surface area contributed by atoms with E-state index in [2.05, 4.69) is 139 Å². The molecule has 5 aromatic rings. The summed E-state index contributed by atoms with van der Waals surface area (Å²) in [6, 6.07) is 46.5. The molecule has 0 aromatic heterocycles. The maximum atomic E-state index is 3.53. The minimum Gasteiger partial charge on any atom is -0.214 e. The molecule has 6 rings (SSSR count). The number of hydrogen-bond donors (Lipinski definition) is 0. The Balaban J connectivity index is 0.000000260. The standard InChI is InChI=1S/C21H25.C15H14.C5H5.2BrH.Zr/c1-20(2,3)16-9-7-14-11-15-8-10-17(21(4,5)6)13-19(15)18(14)12-16;1-3-8-14(9-4-1)12-7-13-15-10-5-2-6-11-15;1-2-4-5-3-1;;;/h7,9-10,12-13H,11H2,1-6H3;1-6,8-11H,12-13H2;1-5H;2*1H;/q-1;;-1;;;+2/p-2. The fourth-order valence-corrected chi connectivity index (χ4v) is 6.06. The van der Waals surface area contributed by atoms with E-state index in [1.54, 1.807) is 27.4 Å². The minimum absolute atomic E-state index is 0. The van der Waals surface area contributed by atoms with Crippen LogP contribution in [0.4, 0.5) is 0 Å². The van der Waals surface area contributed by atoms with Gasteiger partial charge in [-0.3, -0.25) is 0 Å². The van der Waals surface area contributed by atoms with Crippen molar-refractivity contribution in [2.45, 2.75) is 71.6 Å². The van der Waals surface area contributed by atoms with Crippen molar-refractivity contribution in [3.63, 3.8) is 0 Å². The quantitative estimate of drug-likeness (QED) is 0.235. The first-order valence-corrected chi connectivity index (χ1v) is 16.2. The Hall–Kier alpha value is -2.06. The molecule has 1 aliphatic carbocycles. The molecule has 0 saturated carbocycles. The van der Waals surface area contributed by atoms with Gasteiger partial charge in [-0.15, -0.1) is 5.56 Å². The van der Waals surface area contributed by atoms with Gasteiger partial charge >= 0.3 is 112 Å². The van der Waals surface area contributed by atoms with Crippen LogP contribution in [0.15, 0.2) is 121 Å². The fourth-order valence-electron chi connectivity index (χ4n) is 5.05. The Bertz CT molecular complexity index is 1430. The summed E-state index contributed by atoms with van der Waals surface area (Å²) in [6.07, 6.45) is 3.27. The van der Waals surface area contributed by atoms with Gasteiger partial charge in [-0.2, -0.15) is 47.5 Å². The Morgan fingerprint density at radius 2 is 1.16 bits per heavy atom. The Morgan fingerprint density at radius 1 is 0.659 bits per heavy atom. The predicted molar refractivity (Wildman–Crippen MR) is 178 cm³/mol. The number of benzene rings is 4. The SMILES string of the molecule is CC(C)(C)c1c[c-]c2c(c1)-c1cc(C(C)(C)C)ccc1C2.[Br-].[Br-].[Zr+2]=[C](Cc1ccccc1)Cc1ccccc1.c1cc[cH-]c1. The third-order valence-electron chi connectivity index (χ3n) is 7.60. The van der Waals surface area contributed by atoms with Crippen LogP contribution in [0.3, 0.4) is 0 Å². The Kier molecular flexibility index (Phi) is 15.2. The first-order chi connectivity index (χ1) is 20.0. The van der Waals surface area contributed by atoms with Gasteiger partial charge in [0.2, 0.25) is 0 Å². The molecule has 0 N–H and O–H groups in total. The molecule has 0 bridgehead atoms. The molecule has 0 saturated heterocycles. The molecule has 0 atom stereocenters. The number of rotatable bonds is 4. The molecule has 0 amide bonds. The maximum Gasteiger partial charge on any atom is -0.172 e. The number of fused-ring (bicyclic) bond motifs is 3. The van der Waals surface area contributed by atoms with E-state index in [0.29, 0.717) is 0 Å². The third kappa shape index (κ3) is 11.4. The summed E-state index contributed by atoms with van der Waals surface area (Å²) in [5, 5.41) is 0. The summed E-state index contributed by atoms with van der Waals surface area (Å²) < 4.78 is 1.60. The van der Waals surface area contributed by atoms with E-state index in [-0.39, 0.29) is 44.8 Å². The molecule has 0 radical (unpaired) electrons. The molecule has 0 heterocycles. The van der Waals surface area contributed by atoms with Crippen LogP contribution in [0.2, 0.25) is 0 Å². The largest absolute Gasteiger partial charge is 0.214 e. The van der Waals surface area contributed by atoms with Crippen molar-refractivity contribution in [1.82, 2.24) is 0 Å². The Morgan fingerprint density at radius 3 is 1.61 bits per heavy atom. The predicted octanol–water partition coefficient (Wildman–Crippen LogP) is 4.26. The molecule has 228 valence electrons. The van der Waals surface area contributed by atoms with Crippen LogP contribution in [-0.2, 0) is 54.3 Å². The van der Waals surface area contributed by atoms with Gasteiger partial charge in [0.25, 0.3) is 0 Å². The van der Waals surface area contributed by atoms with Crippen molar-refractivity contribution in [2.75, 3.05) is 0 Å². The molecule has 3 heteroatoms. The van der Waals surface area contributed by atoms with Crippen molar-refractivity contribution in [1.29, 1.82) is 0 Å². The minimum atomic E-state index is 0. The average Bonchev–Trinajstić information content (AvgIpc) is 3.65. The molecule has 5 aromatic carbocycles. The summed E-state index contributed by atoms with van der Waals surface area (Å²) in [4.78, 5) is 0. The third-order valence-corrected chi connectivity index (χ3v) is 8.47. The van der Waals surface area contributed by atoms with E-state index in [9.17, 15) is 0 Å². The van der Waals surface area contributed by atoms with Gasteiger partial charge < -0.3 is 34.0 Å². The van der Waals surface area contributed by atoms with Gasteiger partial charge in [0.05, 0.1) is 0 Å². The molecule has 1 aliphatic rings. The van der Waals surface area contributed by atoms with Crippen molar-refractivity contribution in [3.05, 3.63) is 161 Å². The second kappa shape index (κ2) is 17.6. The molecule has 0 aliphatic heterocycles. The van der Waals surface area contributed by atoms with Crippen LogP contribution in [-0.4, -0.2) is 3.21 Å². The van der Waals surface area contributed by atoms with Gasteiger partial charge in [0.1, 0.15) is 0 Å². The van der Waals surface area contributed by atoms with E-state index >= 15 is 0 Å². The van der Waals surface area contributed by atoms with Crippen LogP contribution in [0.25, 0.3) is 11.1 Å². The molecule has 0 spiro atoms. The molecule has 0 fully saturated rings. The van der Waals surface area contributed by atoms with Gasteiger partial charge in [0.15, 0.2) is 0 Å². The zero-order valence-corrected chi connectivity index (χ0v) is 32.6. The van der Waals surface area contributed by atoms with Gasteiger partial charge in [-0.05, 0) is 17.4 Å². The topological polar surface area (TPSA) is 0 Å². The van der Waals surface area contributed by atoms with E-state index in [1.807, 2.05) is 30.3 Å². The smallest absolute Gasteiger partial charge is 0.172 e. The van der Waals surface area contributed by atoms with Crippen LogP contribution >= 0.6 is 0 Å².